The molecule has 2 rings (SSSR count). The first-order valence-corrected chi connectivity index (χ1v) is 4.31. The van der Waals surface area contributed by atoms with E-state index in [9.17, 15) is 0 Å². The molecule has 14 heavy (non-hydrogen) atoms. The molecule has 0 amide bonds. The molecule has 0 atom stereocenters. The summed E-state index contributed by atoms with van der Waals surface area (Å²) >= 11 is 0. The molecule has 2 N–H and O–H groups in total. The highest BCUT2D eigenvalue weighted by molar-refractivity contribution is 5.47. The molecule has 0 saturated heterocycles. The lowest BCUT2D eigenvalue weighted by atomic mass is 10.3. The zero-order valence-corrected chi connectivity index (χ0v) is 7.88. The second kappa shape index (κ2) is 3.55. The summed E-state index contributed by atoms with van der Waals surface area (Å²) in [5, 5.41) is 4.21. The minimum Gasteiger partial charge on any atom is -0.325 e. The molecule has 5 heteroatoms. The molecule has 0 saturated carbocycles. The van der Waals surface area contributed by atoms with E-state index in [0.717, 1.165) is 11.4 Å². The van der Waals surface area contributed by atoms with E-state index in [-0.39, 0.29) is 0 Å². The predicted octanol–water partition coefficient (Wildman–Crippen LogP) is 0.336. The van der Waals surface area contributed by atoms with Gasteiger partial charge in [0.15, 0.2) is 5.82 Å². The fraction of sp³-hybridized carbons (Fsp3) is 0.222. The second-order valence-electron chi connectivity index (χ2n) is 2.95. The average molecular weight is 189 g/mol. The Hall–Kier alpha value is -1.75. The number of aromatic nitrogens is 4. The van der Waals surface area contributed by atoms with Gasteiger partial charge < -0.3 is 5.73 Å². The summed E-state index contributed by atoms with van der Waals surface area (Å²) in [6.45, 7) is 0.419. The Morgan fingerprint density at radius 2 is 2.29 bits per heavy atom. The van der Waals surface area contributed by atoms with Gasteiger partial charge in [-0.25, -0.2) is 9.97 Å². The van der Waals surface area contributed by atoms with Crippen molar-refractivity contribution in [1.82, 2.24) is 19.7 Å². The molecule has 0 fully saturated rings. The van der Waals surface area contributed by atoms with E-state index in [4.69, 9.17) is 5.73 Å². The fourth-order valence-electron chi connectivity index (χ4n) is 1.17. The largest absolute Gasteiger partial charge is 0.325 e. The molecule has 0 aliphatic rings. The van der Waals surface area contributed by atoms with Gasteiger partial charge in [-0.05, 0) is 12.1 Å². The SMILES string of the molecule is Cn1ccc(-c2nccc(CN)n2)n1. The van der Waals surface area contributed by atoms with Crippen LogP contribution in [0, 0.1) is 0 Å². The van der Waals surface area contributed by atoms with Gasteiger partial charge in [0.2, 0.25) is 0 Å². The van der Waals surface area contributed by atoms with Crippen LogP contribution in [0.1, 0.15) is 5.69 Å². The van der Waals surface area contributed by atoms with Crippen LogP contribution >= 0.6 is 0 Å². The Morgan fingerprint density at radius 3 is 2.93 bits per heavy atom. The lowest BCUT2D eigenvalue weighted by molar-refractivity contribution is 0.768. The van der Waals surface area contributed by atoms with Crippen LogP contribution in [0.3, 0.4) is 0 Å². The lowest BCUT2D eigenvalue weighted by Gasteiger charge is -1.97. The number of hydrogen-bond donors (Lipinski definition) is 1. The van der Waals surface area contributed by atoms with E-state index < -0.39 is 0 Å². The highest BCUT2D eigenvalue weighted by Crippen LogP contribution is 2.10. The van der Waals surface area contributed by atoms with E-state index in [1.807, 2.05) is 19.3 Å². The summed E-state index contributed by atoms with van der Waals surface area (Å²) in [6.07, 6.45) is 3.55. The van der Waals surface area contributed by atoms with Gasteiger partial charge >= 0.3 is 0 Å². The Morgan fingerprint density at radius 1 is 1.43 bits per heavy atom. The van der Waals surface area contributed by atoms with Gasteiger partial charge in [-0.1, -0.05) is 0 Å². The number of hydrogen-bond acceptors (Lipinski definition) is 4. The van der Waals surface area contributed by atoms with Crippen molar-refractivity contribution in [3.63, 3.8) is 0 Å². The minimum atomic E-state index is 0.419. The van der Waals surface area contributed by atoms with Gasteiger partial charge in [-0.15, -0.1) is 0 Å². The van der Waals surface area contributed by atoms with Crippen LogP contribution in [0.2, 0.25) is 0 Å². The highest BCUT2D eigenvalue weighted by Gasteiger charge is 2.04. The second-order valence-corrected chi connectivity index (χ2v) is 2.95. The summed E-state index contributed by atoms with van der Waals surface area (Å²) in [5.41, 5.74) is 7.07. The maximum absolute atomic E-state index is 5.49. The monoisotopic (exact) mass is 189 g/mol. The van der Waals surface area contributed by atoms with Gasteiger partial charge in [0.1, 0.15) is 5.69 Å². The molecule has 2 heterocycles. The Kier molecular flexibility index (Phi) is 2.24. The molecule has 0 radical (unpaired) electrons. The average Bonchev–Trinajstić information content (AvgIpc) is 2.65. The summed E-state index contributed by atoms with van der Waals surface area (Å²) in [6, 6.07) is 3.67. The number of aryl methyl sites for hydroxylation is 1. The third kappa shape index (κ3) is 1.62. The molecular formula is C9H11N5. The van der Waals surface area contributed by atoms with Crippen LogP contribution < -0.4 is 5.73 Å². The standard InChI is InChI=1S/C9H11N5/c1-14-5-3-8(13-14)9-11-4-2-7(6-10)12-9/h2-5H,6,10H2,1H3. The van der Waals surface area contributed by atoms with Gasteiger partial charge in [0.25, 0.3) is 0 Å². The molecule has 2 aromatic heterocycles. The Bertz CT molecular complexity index is 434. The van der Waals surface area contributed by atoms with Crippen molar-refractivity contribution in [2.24, 2.45) is 12.8 Å². The van der Waals surface area contributed by atoms with E-state index in [1.165, 1.54) is 0 Å². The number of rotatable bonds is 2. The van der Waals surface area contributed by atoms with Crippen molar-refractivity contribution in [2.45, 2.75) is 6.54 Å². The van der Waals surface area contributed by atoms with Gasteiger partial charge in [0.05, 0.1) is 5.69 Å². The first kappa shape index (κ1) is 8.83. The summed E-state index contributed by atoms with van der Waals surface area (Å²) < 4.78 is 1.72. The first-order chi connectivity index (χ1) is 6.79. The Balaban J connectivity index is 2.41. The smallest absolute Gasteiger partial charge is 0.180 e. The van der Waals surface area contributed by atoms with E-state index >= 15 is 0 Å². The van der Waals surface area contributed by atoms with Crippen molar-refractivity contribution in [3.05, 3.63) is 30.2 Å². The van der Waals surface area contributed by atoms with Gasteiger partial charge in [-0.3, -0.25) is 4.68 Å². The lowest BCUT2D eigenvalue weighted by Crippen LogP contribution is -2.01. The molecule has 72 valence electrons. The van der Waals surface area contributed by atoms with Crippen LogP contribution in [0.4, 0.5) is 0 Å². The summed E-state index contributed by atoms with van der Waals surface area (Å²) in [4.78, 5) is 8.39. The van der Waals surface area contributed by atoms with Crippen LogP contribution in [-0.2, 0) is 13.6 Å². The molecule has 5 nitrogen and oxygen atoms in total. The zero-order valence-electron chi connectivity index (χ0n) is 7.88. The molecule has 0 unspecified atom stereocenters. The first-order valence-electron chi connectivity index (χ1n) is 4.31. The third-order valence-corrected chi connectivity index (χ3v) is 1.87. The maximum atomic E-state index is 5.49. The van der Waals surface area contributed by atoms with Gasteiger partial charge in [-0.2, -0.15) is 5.10 Å². The zero-order chi connectivity index (χ0) is 9.97. The van der Waals surface area contributed by atoms with Gasteiger partial charge in [0, 0.05) is 26.0 Å². The highest BCUT2D eigenvalue weighted by atomic mass is 15.3. The quantitative estimate of drug-likeness (QED) is 0.739. The van der Waals surface area contributed by atoms with Crippen LogP contribution in [0.15, 0.2) is 24.5 Å². The number of nitrogens with zero attached hydrogens (tertiary/aromatic N) is 4. The predicted molar refractivity (Wildman–Crippen MR) is 52.1 cm³/mol. The van der Waals surface area contributed by atoms with Crippen molar-refractivity contribution < 1.29 is 0 Å². The molecule has 0 aromatic carbocycles. The molecule has 0 bridgehead atoms. The maximum Gasteiger partial charge on any atom is 0.180 e. The van der Waals surface area contributed by atoms with Crippen molar-refractivity contribution in [2.75, 3.05) is 0 Å². The van der Waals surface area contributed by atoms with E-state index in [1.54, 1.807) is 16.9 Å². The van der Waals surface area contributed by atoms with Crippen molar-refractivity contribution in [1.29, 1.82) is 0 Å². The fourth-order valence-corrected chi connectivity index (χ4v) is 1.17. The minimum absolute atomic E-state index is 0.419. The molecular weight excluding hydrogens is 178 g/mol. The normalized spacial score (nSPS) is 10.4. The molecule has 0 spiro atoms. The topological polar surface area (TPSA) is 69.6 Å². The summed E-state index contributed by atoms with van der Waals surface area (Å²) in [7, 11) is 1.86. The Labute approximate surface area is 81.6 Å². The van der Waals surface area contributed by atoms with Crippen molar-refractivity contribution >= 4 is 0 Å². The van der Waals surface area contributed by atoms with Crippen molar-refractivity contribution in [3.8, 4) is 11.5 Å². The van der Waals surface area contributed by atoms with Crippen LogP contribution in [0.5, 0.6) is 0 Å². The third-order valence-electron chi connectivity index (χ3n) is 1.87. The number of nitrogens with two attached hydrogens (primary N) is 1. The van der Waals surface area contributed by atoms with E-state index in [0.29, 0.717) is 12.4 Å². The molecule has 0 aliphatic heterocycles. The van der Waals surface area contributed by atoms with E-state index in [2.05, 4.69) is 15.1 Å². The van der Waals surface area contributed by atoms with Crippen LogP contribution in [0.25, 0.3) is 11.5 Å². The molecule has 0 aliphatic carbocycles. The van der Waals surface area contributed by atoms with Crippen LogP contribution in [-0.4, -0.2) is 19.7 Å². The molecule has 2 aromatic rings. The summed E-state index contributed by atoms with van der Waals surface area (Å²) in [5.74, 6) is 0.619.